The average molecular weight is 284 g/mol. The van der Waals surface area contributed by atoms with Crippen LogP contribution in [0.5, 0.6) is 0 Å². The van der Waals surface area contributed by atoms with E-state index in [2.05, 4.69) is 26.1 Å². The molecular formula is C14H24N2O2S. The first-order valence-corrected chi connectivity index (χ1v) is 7.93. The number of sulfonamides is 1. The maximum atomic E-state index is 11.4. The minimum Gasteiger partial charge on any atom is -0.385 e. The molecule has 0 aromatic heterocycles. The van der Waals surface area contributed by atoms with E-state index in [0.29, 0.717) is 0 Å². The monoisotopic (exact) mass is 284 g/mol. The van der Waals surface area contributed by atoms with Crippen molar-refractivity contribution in [3.8, 4) is 0 Å². The van der Waals surface area contributed by atoms with E-state index < -0.39 is 10.0 Å². The Morgan fingerprint density at radius 2 is 1.79 bits per heavy atom. The fourth-order valence-electron chi connectivity index (χ4n) is 1.75. The molecule has 0 unspecified atom stereocenters. The molecule has 4 nitrogen and oxygen atoms in total. The summed E-state index contributed by atoms with van der Waals surface area (Å²) in [5, 5.41) is 8.49. The molecule has 1 rings (SSSR count). The largest absolute Gasteiger partial charge is 0.385 e. The van der Waals surface area contributed by atoms with Crippen molar-refractivity contribution < 1.29 is 8.42 Å². The van der Waals surface area contributed by atoms with Gasteiger partial charge in [0.15, 0.2) is 0 Å². The molecule has 0 heterocycles. The quantitative estimate of drug-likeness (QED) is 0.893. The van der Waals surface area contributed by atoms with Gasteiger partial charge >= 0.3 is 0 Å². The van der Waals surface area contributed by atoms with Gasteiger partial charge in [-0.3, -0.25) is 0 Å². The molecule has 0 amide bonds. The highest BCUT2D eigenvalue weighted by Crippen LogP contribution is 2.25. The van der Waals surface area contributed by atoms with Crippen molar-refractivity contribution in [1.29, 1.82) is 0 Å². The van der Waals surface area contributed by atoms with Gasteiger partial charge in [-0.2, -0.15) is 0 Å². The highest BCUT2D eigenvalue weighted by Gasteiger charge is 2.13. The van der Waals surface area contributed by atoms with Crippen LogP contribution in [0.3, 0.4) is 0 Å². The summed E-state index contributed by atoms with van der Waals surface area (Å²) in [6.45, 7) is 11.2. The van der Waals surface area contributed by atoms with Crippen LogP contribution >= 0.6 is 0 Å². The van der Waals surface area contributed by atoms with Crippen LogP contribution in [-0.2, 0) is 10.0 Å². The lowest BCUT2D eigenvalue weighted by Crippen LogP contribution is -2.16. The fraction of sp³-hybridized carbons (Fsp3) is 0.571. The zero-order chi connectivity index (χ0) is 14.8. The van der Waals surface area contributed by atoms with Crippen molar-refractivity contribution in [3.63, 3.8) is 0 Å². The zero-order valence-corrected chi connectivity index (χ0v) is 13.2. The van der Waals surface area contributed by atoms with Gasteiger partial charge < -0.3 is 5.32 Å². The van der Waals surface area contributed by atoms with E-state index in [1.807, 2.05) is 13.8 Å². The van der Waals surface area contributed by atoms with Crippen LogP contribution in [0.2, 0.25) is 0 Å². The summed E-state index contributed by atoms with van der Waals surface area (Å²) in [6, 6.07) is 3.22. The molecule has 0 aliphatic carbocycles. The minimum absolute atomic E-state index is 0.161. The number of rotatable bonds is 4. The maximum absolute atomic E-state index is 11.4. The summed E-state index contributed by atoms with van der Waals surface area (Å²) < 4.78 is 22.9. The number of hydrogen-bond acceptors (Lipinski definition) is 3. The SMILES string of the molecule is Cc1cc(S(N)(=O)=O)cc(NCCC(C)(C)C)c1C. The number of anilines is 1. The van der Waals surface area contributed by atoms with Gasteiger partial charge in [0.25, 0.3) is 0 Å². The Morgan fingerprint density at radius 3 is 2.26 bits per heavy atom. The van der Waals surface area contributed by atoms with Gasteiger partial charge in [-0.1, -0.05) is 20.8 Å². The van der Waals surface area contributed by atoms with Gasteiger partial charge in [0.2, 0.25) is 10.0 Å². The Kier molecular flexibility index (Phi) is 4.63. The summed E-state index contributed by atoms with van der Waals surface area (Å²) in [6.07, 6.45) is 1.01. The van der Waals surface area contributed by atoms with Crippen molar-refractivity contribution >= 4 is 15.7 Å². The first kappa shape index (κ1) is 16.0. The van der Waals surface area contributed by atoms with Gasteiger partial charge in [0.1, 0.15) is 0 Å². The number of benzene rings is 1. The van der Waals surface area contributed by atoms with E-state index >= 15 is 0 Å². The van der Waals surface area contributed by atoms with Crippen molar-refractivity contribution in [3.05, 3.63) is 23.3 Å². The molecule has 0 fully saturated rings. The predicted octanol–water partition coefficient (Wildman–Crippen LogP) is 2.80. The van der Waals surface area contributed by atoms with Crippen LogP contribution < -0.4 is 10.5 Å². The van der Waals surface area contributed by atoms with Crippen molar-refractivity contribution in [1.82, 2.24) is 0 Å². The Morgan fingerprint density at radius 1 is 1.21 bits per heavy atom. The first-order valence-electron chi connectivity index (χ1n) is 6.38. The van der Waals surface area contributed by atoms with Crippen LogP contribution in [-0.4, -0.2) is 15.0 Å². The third-order valence-electron chi connectivity index (χ3n) is 3.16. The molecule has 1 aromatic rings. The van der Waals surface area contributed by atoms with Crippen molar-refractivity contribution in [2.24, 2.45) is 10.6 Å². The maximum Gasteiger partial charge on any atom is 0.238 e. The number of aryl methyl sites for hydroxylation is 1. The van der Waals surface area contributed by atoms with Crippen LogP contribution in [0.4, 0.5) is 5.69 Å². The molecule has 0 radical (unpaired) electrons. The molecule has 19 heavy (non-hydrogen) atoms. The first-order chi connectivity index (χ1) is 8.50. The van der Waals surface area contributed by atoms with E-state index in [1.165, 1.54) is 0 Å². The van der Waals surface area contributed by atoms with E-state index in [9.17, 15) is 8.42 Å². The molecule has 0 saturated heterocycles. The van der Waals surface area contributed by atoms with Gasteiger partial charge in [-0.15, -0.1) is 0 Å². The third-order valence-corrected chi connectivity index (χ3v) is 4.05. The predicted molar refractivity (Wildman–Crippen MR) is 79.9 cm³/mol. The molecule has 0 aliphatic rings. The lowest BCUT2D eigenvalue weighted by atomic mass is 9.92. The Labute approximate surface area is 116 Å². The molecule has 3 N–H and O–H groups in total. The minimum atomic E-state index is -3.66. The molecule has 0 saturated carbocycles. The second-order valence-electron chi connectivity index (χ2n) is 6.20. The summed E-state index contributed by atoms with van der Waals surface area (Å²) in [4.78, 5) is 0.161. The third kappa shape index (κ3) is 4.84. The van der Waals surface area contributed by atoms with Gasteiger partial charge in [0, 0.05) is 12.2 Å². The number of primary sulfonamides is 1. The molecule has 0 spiro atoms. The van der Waals surface area contributed by atoms with Crippen LogP contribution in [0.1, 0.15) is 38.3 Å². The van der Waals surface area contributed by atoms with Crippen LogP contribution in [0.25, 0.3) is 0 Å². The Hall–Kier alpha value is -1.07. The summed E-state index contributed by atoms with van der Waals surface area (Å²) >= 11 is 0. The highest BCUT2D eigenvalue weighted by atomic mass is 32.2. The van der Waals surface area contributed by atoms with E-state index in [4.69, 9.17) is 5.14 Å². The second-order valence-corrected chi connectivity index (χ2v) is 7.76. The van der Waals surface area contributed by atoms with Crippen molar-refractivity contribution in [2.45, 2.75) is 45.9 Å². The van der Waals surface area contributed by atoms with Gasteiger partial charge in [-0.05, 0) is 48.9 Å². The van der Waals surface area contributed by atoms with Crippen molar-refractivity contribution in [2.75, 3.05) is 11.9 Å². The molecular weight excluding hydrogens is 260 g/mol. The molecule has 1 aromatic carbocycles. The zero-order valence-electron chi connectivity index (χ0n) is 12.4. The Bertz CT molecular complexity index is 558. The standard InChI is InChI=1S/C14H24N2O2S/c1-10-8-12(19(15,17)18)9-13(11(10)2)16-7-6-14(3,4)5/h8-9,16H,6-7H2,1-5H3,(H2,15,17,18). The number of nitrogens with one attached hydrogen (secondary N) is 1. The summed E-state index contributed by atoms with van der Waals surface area (Å²) in [5.74, 6) is 0. The lowest BCUT2D eigenvalue weighted by Gasteiger charge is -2.20. The average Bonchev–Trinajstić information content (AvgIpc) is 2.20. The molecule has 0 atom stereocenters. The summed E-state index contributed by atoms with van der Waals surface area (Å²) in [5.41, 5.74) is 3.06. The second kappa shape index (κ2) is 5.51. The van der Waals surface area contributed by atoms with E-state index in [0.717, 1.165) is 29.8 Å². The van der Waals surface area contributed by atoms with Crippen LogP contribution in [0, 0.1) is 19.3 Å². The molecule has 0 aliphatic heterocycles. The topological polar surface area (TPSA) is 72.2 Å². The van der Waals surface area contributed by atoms with E-state index in [-0.39, 0.29) is 10.3 Å². The normalized spacial score (nSPS) is 12.5. The molecule has 108 valence electrons. The highest BCUT2D eigenvalue weighted by molar-refractivity contribution is 7.89. The smallest absolute Gasteiger partial charge is 0.238 e. The number of nitrogens with two attached hydrogens (primary N) is 1. The summed E-state index contributed by atoms with van der Waals surface area (Å²) in [7, 11) is -3.66. The Balaban J connectivity index is 2.98. The fourth-order valence-corrected chi connectivity index (χ4v) is 2.37. The van der Waals surface area contributed by atoms with E-state index in [1.54, 1.807) is 12.1 Å². The lowest BCUT2D eigenvalue weighted by molar-refractivity contribution is 0.390. The number of hydrogen-bond donors (Lipinski definition) is 2. The van der Waals surface area contributed by atoms with Gasteiger partial charge in [-0.25, -0.2) is 13.6 Å². The van der Waals surface area contributed by atoms with Gasteiger partial charge in [0.05, 0.1) is 4.90 Å². The molecule has 0 bridgehead atoms. The van der Waals surface area contributed by atoms with Crippen LogP contribution in [0.15, 0.2) is 17.0 Å². The molecule has 5 heteroatoms.